The number of carbonyl (C=O) groups is 2. The van der Waals surface area contributed by atoms with Crippen LogP contribution in [0.5, 0.6) is 0 Å². The van der Waals surface area contributed by atoms with Gasteiger partial charge in [0, 0.05) is 23.6 Å². The van der Waals surface area contributed by atoms with Gasteiger partial charge in [-0.05, 0) is 29.8 Å². The molecule has 1 N–H and O–H groups in total. The van der Waals surface area contributed by atoms with Crippen LogP contribution < -0.4 is 5.32 Å². The summed E-state index contributed by atoms with van der Waals surface area (Å²) in [5.41, 5.74) is 4.11. The van der Waals surface area contributed by atoms with Crippen molar-refractivity contribution < 1.29 is 14.3 Å². The van der Waals surface area contributed by atoms with E-state index in [9.17, 15) is 9.59 Å². The van der Waals surface area contributed by atoms with Gasteiger partial charge < -0.3 is 10.1 Å². The zero-order chi connectivity index (χ0) is 20.1. The zero-order valence-corrected chi connectivity index (χ0v) is 15.4. The summed E-state index contributed by atoms with van der Waals surface area (Å²) in [5.74, 6) is -1.01. The van der Waals surface area contributed by atoms with E-state index < -0.39 is 11.9 Å². The van der Waals surface area contributed by atoms with Crippen LogP contribution in [0.25, 0.3) is 22.2 Å². The summed E-state index contributed by atoms with van der Waals surface area (Å²) in [6.07, 6.45) is 3.13. The number of amides is 1. The summed E-state index contributed by atoms with van der Waals surface area (Å²) >= 11 is 0. The minimum absolute atomic E-state index is 0.315. The zero-order valence-electron chi connectivity index (χ0n) is 15.4. The molecule has 3 aromatic carbocycles. The minimum atomic E-state index is -0.593. The fraction of sp³-hybridized carbons (Fsp3) is 0.0435. The number of benzene rings is 3. The molecule has 0 radical (unpaired) electrons. The van der Waals surface area contributed by atoms with Gasteiger partial charge in [-0.2, -0.15) is 0 Å². The first-order valence-electron chi connectivity index (χ1n) is 9.03. The molecule has 6 nitrogen and oxygen atoms in total. The lowest BCUT2D eigenvalue weighted by atomic mass is 10.0. The summed E-state index contributed by atoms with van der Waals surface area (Å²) in [6.45, 7) is -0.388. The van der Waals surface area contributed by atoms with E-state index in [0.717, 1.165) is 11.1 Å². The first-order chi connectivity index (χ1) is 14.2. The molecular weight excluding hydrogens is 366 g/mol. The van der Waals surface area contributed by atoms with Crippen LogP contribution in [0.4, 0.5) is 5.69 Å². The minimum Gasteiger partial charge on any atom is -0.452 e. The van der Waals surface area contributed by atoms with Crippen molar-refractivity contribution in [2.24, 2.45) is 0 Å². The number of aromatic nitrogens is 2. The topological polar surface area (TPSA) is 81.2 Å². The predicted octanol–water partition coefficient (Wildman–Crippen LogP) is 4.09. The third-order valence-corrected chi connectivity index (χ3v) is 4.33. The Morgan fingerprint density at radius 2 is 1.55 bits per heavy atom. The lowest BCUT2D eigenvalue weighted by Crippen LogP contribution is -2.21. The Labute approximate surface area is 167 Å². The van der Waals surface area contributed by atoms with E-state index in [1.54, 1.807) is 30.6 Å². The van der Waals surface area contributed by atoms with Gasteiger partial charge in [-0.3, -0.25) is 14.8 Å². The van der Waals surface area contributed by atoms with Crippen LogP contribution in [0.2, 0.25) is 0 Å². The number of carbonyl (C=O) groups excluding carboxylic acids is 2. The first kappa shape index (κ1) is 18.3. The maximum atomic E-state index is 12.3. The van der Waals surface area contributed by atoms with Crippen molar-refractivity contribution in [1.29, 1.82) is 0 Å². The van der Waals surface area contributed by atoms with Crippen molar-refractivity contribution in [3.8, 4) is 11.1 Å². The number of hydrogen-bond donors (Lipinski definition) is 1. The molecular formula is C23H17N3O3. The molecule has 1 amide bonds. The standard InChI is InChI=1S/C23H17N3O3/c27-22(26-19-9-5-4-8-18(19)16-6-2-1-3-7-16)15-29-23(28)17-10-11-20-21(14-17)25-13-12-24-20/h1-14H,15H2,(H,26,27). The molecule has 0 atom stereocenters. The molecule has 1 heterocycles. The average Bonchev–Trinajstić information content (AvgIpc) is 2.78. The van der Waals surface area contributed by atoms with Gasteiger partial charge in [0.1, 0.15) is 0 Å². The second-order valence-corrected chi connectivity index (χ2v) is 6.30. The summed E-state index contributed by atoms with van der Waals surface area (Å²) in [7, 11) is 0. The van der Waals surface area contributed by atoms with Gasteiger partial charge in [0.2, 0.25) is 0 Å². The molecule has 0 bridgehead atoms. The molecule has 1 aromatic heterocycles. The van der Waals surface area contributed by atoms with E-state index >= 15 is 0 Å². The predicted molar refractivity (Wildman–Crippen MR) is 110 cm³/mol. The Bertz CT molecular complexity index is 1180. The first-order valence-corrected chi connectivity index (χ1v) is 9.03. The molecule has 6 heteroatoms. The van der Waals surface area contributed by atoms with Crippen molar-refractivity contribution in [3.05, 3.63) is 90.8 Å². The molecule has 4 rings (SSSR count). The fourth-order valence-corrected chi connectivity index (χ4v) is 2.95. The highest BCUT2D eigenvalue weighted by atomic mass is 16.5. The van der Waals surface area contributed by atoms with Gasteiger partial charge in [-0.15, -0.1) is 0 Å². The highest BCUT2D eigenvalue weighted by Gasteiger charge is 2.13. The van der Waals surface area contributed by atoms with Crippen LogP contribution in [0.3, 0.4) is 0 Å². The summed E-state index contributed by atoms with van der Waals surface area (Å²) < 4.78 is 5.16. The Morgan fingerprint density at radius 3 is 2.38 bits per heavy atom. The molecule has 0 aliphatic rings. The fourth-order valence-electron chi connectivity index (χ4n) is 2.95. The maximum Gasteiger partial charge on any atom is 0.338 e. The van der Waals surface area contributed by atoms with Gasteiger partial charge in [-0.25, -0.2) is 4.79 Å². The van der Waals surface area contributed by atoms with Crippen molar-refractivity contribution in [3.63, 3.8) is 0 Å². The largest absolute Gasteiger partial charge is 0.452 e. The van der Waals surface area contributed by atoms with Crippen molar-refractivity contribution in [2.75, 3.05) is 11.9 Å². The molecule has 0 aliphatic heterocycles. The van der Waals surface area contributed by atoms with Crippen molar-refractivity contribution >= 4 is 28.6 Å². The number of anilines is 1. The van der Waals surface area contributed by atoms with Gasteiger partial charge >= 0.3 is 5.97 Å². The van der Waals surface area contributed by atoms with Crippen LogP contribution in [-0.2, 0) is 9.53 Å². The Kier molecular flexibility index (Phi) is 5.25. The van der Waals surface area contributed by atoms with Crippen LogP contribution in [0.15, 0.2) is 85.2 Å². The SMILES string of the molecule is O=C(COC(=O)c1ccc2nccnc2c1)Nc1ccccc1-c1ccccc1. The van der Waals surface area contributed by atoms with Gasteiger partial charge in [0.05, 0.1) is 16.6 Å². The maximum absolute atomic E-state index is 12.3. The lowest BCUT2D eigenvalue weighted by molar-refractivity contribution is -0.119. The monoisotopic (exact) mass is 383 g/mol. The number of nitrogens with zero attached hydrogens (tertiary/aromatic N) is 2. The number of hydrogen-bond acceptors (Lipinski definition) is 5. The second-order valence-electron chi connectivity index (χ2n) is 6.30. The number of ether oxygens (including phenoxy) is 1. The van der Waals surface area contributed by atoms with Gasteiger partial charge in [0.15, 0.2) is 6.61 Å². The summed E-state index contributed by atoms with van der Waals surface area (Å²) in [5, 5.41) is 2.81. The second kappa shape index (κ2) is 8.31. The number of rotatable bonds is 5. The number of para-hydroxylation sites is 1. The van der Waals surface area contributed by atoms with Crippen LogP contribution >= 0.6 is 0 Å². The summed E-state index contributed by atoms with van der Waals surface area (Å²) in [4.78, 5) is 32.9. The van der Waals surface area contributed by atoms with Crippen molar-refractivity contribution in [1.82, 2.24) is 9.97 Å². The normalized spacial score (nSPS) is 10.5. The molecule has 0 saturated carbocycles. The number of esters is 1. The Balaban J connectivity index is 1.42. The molecule has 0 spiro atoms. The van der Waals surface area contributed by atoms with Crippen LogP contribution in [-0.4, -0.2) is 28.5 Å². The third-order valence-electron chi connectivity index (χ3n) is 4.33. The van der Waals surface area contributed by atoms with Gasteiger partial charge in [-0.1, -0.05) is 48.5 Å². The van der Waals surface area contributed by atoms with E-state index in [1.807, 2.05) is 54.6 Å². The van der Waals surface area contributed by atoms with E-state index in [4.69, 9.17) is 4.74 Å². The van der Waals surface area contributed by atoms with E-state index in [-0.39, 0.29) is 6.61 Å². The summed E-state index contributed by atoms with van der Waals surface area (Å²) in [6, 6.07) is 22.1. The third kappa shape index (κ3) is 4.27. The van der Waals surface area contributed by atoms with E-state index in [1.165, 1.54) is 0 Å². The highest BCUT2D eigenvalue weighted by Crippen LogP contribution is 2.27. The van der Waals surface area contributed by atoms with Gasteiger partial charge in [0.25, 0.3) is 5.91 Å². The van der Waals surface area contributed by atoms with E-state index in [0.29, 0.717) is 22.3 Å². The van der Waals surface area contributed by atoms with E-state index in [2.05, 4.69) is 15.3 Å². The molecule has 29 heavy (non-hydrogen) atoms. The van der Waals surface area contributed by atoms with Crippen molar-refractivity contribution in [2.45, 2.75) is 0 Å². The highest BCUT2D eigenvalue weighted by molar-refractivity contribution is 5.99. The Hall–Kier alpha value is -4.06. The quantitative estimate of drug-likeness (QED) is 0.525. The van der Waals surface area contributed by atoms with Crippen LogP contribution in [0, 0.1) is 0 Å². The average molecular weight is 383 g/mol. The molecule has 0 fully saturated rings. The molecule has 4 aromatic rings. The lowest BCUT2D eigenvalue weighted by Gasteiger charge is -2.11. The molecule has 142 valence electrons. The van der Waals surface area contributed by atoms with Crippen LogP contribution in [0.1, 0.15) is 10.4 Å². The molecule has 0 aliphatic carbocycles. The molecule has 0 unspecified atom stereocenters. The molecule has 0 saturated heterocycles. The smallest absolute Gasteiger partial charge is 0.338 e. The number of fused-ring (bicyclic) bond motifs is 1. The Morgan fingerprint density at radius 1 is 0.828 bits per heavy atom. The number of nitrogens with one attached hydrogen (secondary N) is 1.